The lowest BCUT2D eigenvalue weighted by molar-refractivity contribution is -0.136. The van der Waals surface area contributed by atoms with Gasteiger partial charge in [0.1, 0.15) is 0 Å². The Bertz CT molecular complexity index is 889. The zero-order chi connectivity index (χ0) is 16.6. The van der Waals surface area contributed by atoms with Crippen molar-refractivity contribution in [3.8, 4) is 0 Å². The van der Waals surface area contributed by atoms with Crippen LogP contribution in [0.2, 0.25) is 5.02 Å². The molecule has 0 saturated carbocycles. The fourth-order valence-corrected chi connectivity index (χ4v) is 2.30. The van der Waals surface area contributed by atoms with Crippen LogP contribution in [0.15, 0.2) is 42.7 Å². The Kier molecular flexibility index (Phi) is 3.73. The van der Waals surface area contributed by atoms with Gasteiger partial charge >= 0.3 is 6.18 Å². The van der Waals surface area contributed by atoms with Crippen molar-refractivity contribution in [3.63, 3.8) is 0 Å². The molecule has 1 aromatic heterocycles. The summed E-state index contributed by atoms with van der Waals surface area (Å²) in [5.41, 5.74) is 0.135. The summed E-state index contributed by atoms with van der Waals surface area (Å²) in [6.07, 6.45) is -3.16. The van der Waals surface area contributed by atoms with Gasteiger partial charge in [-0.1, -0.05) is 11.6 Å². The summed E-state index contributed by atoms with van der Waals surface area (Å²) in [5, 5.41) is 2.20. The molecule has 3 aromatic rings. The Morgan fingerprint density at radius 2 is 1.96 bits per heavy atom. The first-order valence-electron chi connectivity index (χ1n) is 6.46. The number of amides is 1. The first-order chi connectivity index (χ1) is 10.8. The number of aromatic nitrogens is 2. The summed E-state index contributed by atoms with van der Waals surface area (Å²) in [6.45, 7) is 0. The van der Waals surface area contributed by atoms with E-state index in [1.165, 1.54) is 24.5 Å². The van der Waals surface area contributed by atoms with Crippen molar-refractivity contribution in [2.24, 2.45) is 0 Å². The first kappa shape index (κ1) is 15.4. The number of H-pyrrole nitrogens is 1. The van der Waals surface area contributed by atoms with Crippen molar-refractivity contribution >= 4 is 34.2 Å². The minimum absolute atomic E-state index is 0.0609. The second-order valence-corrected chi connectivity index (χ2v) is 5.21. The molecule has 23 heavy (non-hydrogen) atoms. The summed E-state index contributed by atoms with van der Waals surface area (Å²) < 4.78 is 39.1. The van der Waals surface area contributed by atoms with Crippen LogP contribution >= 0.6 is 11.6 Å². The fraction of sp³-hybridized carbons (Fsp3) is 0.0667. The molecule has 0 aliphatic carbocycles. The Morgan fingerprint density at radius 3 is 2.70 bits per heavy atom. The predicted molar refractivity (Wildman–Crippen MR) is 80.5 cm³/mol. The number of carbonyl (C=O) groups is 1. The summed E-state index contributed by atoms with van der Waals surface area (Å²) in [7, 11) is 0. The standard InChI is InChI=1S/C15H9ClF3N3O/c16-9-2-4-11(10(6-9)15(17,18)19)22-14(23)8-1-3-12-13(5-8)21-7-20-12/h1-7H,(H,20,21)(H,22,23). The molecule has 0 aliphatic rings. The van der Waals surface area contributed by atoms with Crippen LogP contribution in [-0.4, -0.2) is 15.9 Å². The molecular formula is C15H9ClF3N3O. The van der Waals surface area contributed by atoms with Crippen LogP contribution in [0.5, 0.6) is 0 Å². The molecule has 0 bridgehead atoms. The van der Waals surface area contributed by atoms with Crippen LogP contribution in [0.4, 0.5) is 18.9 Å². The third-order valence-electron chi connectivity index (χ3n) is 3.22. The Hall–Kier alpha value is -2.54. The molecule has 2 N–H and O–H groups in total. The molecule has 0 aliphatic heterocycles. The number of halogens is 4. The zero-order valence-electron chi connectivity index (χ0n) is 11.4. The Labute approximate surface area is 133 Å². The van der Waals surface area contributed by atoms with Gasteiger partial charge in [0.15, 0.2) is 0 Å². The van der Waals surface area contributed by atoms with Gasteiger partial charge in [0, 0.05) is 10.6 Å². The van der Waals surface area contributed by atoms with E-state index in [0.717, 1.165) is 12.1 Å². The molecule has 0 spiro atoms. The number of nitrogens with zero attached hydrogens (tertiary/aromatic N) is 1. The van der Waals surface area contributed by atoms with Gasteiger partial charge in [-0.15, -0.1) is 0 Å². The van der Waals surface area contributed by atoms with Gasteiger partial charge in [0.2, 0.25) is 0 Å². The second-order valence-electron chi connectivity index (χ2n) is 4.78. The van der Waals surface area contributed by atoms with E-state index in [9.17, 15) is 18.0 Å². The van der Waals surface area contributed by atoms with Crippen LogP contribution in [-0.2, 0) is 6.18 Å². The number of rotatable bonds is 2. The maximum absolute atomic E-state index is 13.0. The average molecular weight is 340 g/mol. The second kappa shape index (κ2) is 5.58. The van der Waals surface area contributed by atoms with Crippen LogP contribution < -0.4 is 5.32 Å². The van der Waals surface area contributed by atoms with Crippen LogP contribution in [0.25, 0.3) is 11.0 Å². The average Bonchev–Trinajstić information content (AvgIpc) is 2.95. The highest BCUT2D eigenvalue weighted by Crippen LogP contribution is 2.36. The zero-order valence-corrected chi connectivity index (χ0v) is 12.2. The highest BCUT2D eigenvalue weighted by Gasteiger charge is 2.34. The van der Waals surface area contributed by atoms with E-state index in [-0.39, 0.29) is 16.3 Å². The largest absolute Gasteiger partial charge is 0.418 e. The van der Waals surface area contributed by atoms with Gasteiger partial charge in [-0.2, -0.15) is 13.2 Å². The quantitative estimate of drug-likeness (QED) is 0.723. The van der Waals surface area contributed by atoms with Gasteiger partial charge in [0.05, 0.1) is 28.6 Å². The number of fused-ring (bicyclic) bond motifs is 1. The van der Waals surface area contributed by atoms with E-state index < -0.39 is 17.6 Å². The van der Waals surface area contributed by atoms with Crippen molar-refractivity contribution < 1.29 is 18.0 Å². The molecule has 8 heteroatoms. The number of imidazole rings is 1. The maximum Gasteiger partial charge on any atom is 0.418 e. The SMILES string of the molecule is O=C(Nc1ccc(Cl)cc1C(F)(F)F)c1ccc2nc[nH]c2c1. The van der Waals surface area contributed by atoms with Crippen molar-refractivity contribution in [1.82, 2.24) is 9.97 Å². The smallest absolute Gasteiger partial charge is 0.345 e. The number of anilines is 1. The minimum atomic E-state index is -4.62. The molecule has 0 fully saturated rings. The molecule has 0 atom stereocenters. The van der Waals surface area contributed by atoms with Gasteiger partial charge in [0.25, 0.3) is 5.91 Å². The van der Waals surface area contributed by atoms with Gasteiger partial charge in [-0.25, -0.2) is 4.98 Å². The number of hydrogen-bond acceptors (Lipinski definition) is 2. The van der Waals surface area contributed by atoms with E-state index >= 15 is 0 Å². The number of hydrogen-bond donors (Lipinski definition) is 2. The molecule has 2 aromatic carbocycles. The van der Waals surface area contributed by atoms with E-state index in [4.69, 9.17) is 11.6 Å². The van der Waals surface area contributed by atoms with Crippen molar-refractivity contribution in [3.05, 3.63) is 58.9 Å². The number of nitrogens with one attached hydrogen (secondary N) is 2. The number of benzene rings is 2. The monoisotopic (exact) mass is 339 g/mol. The van der Waals surface area contributed by atoms with E-state index in [0.29, 0.717) is 11.0 Å². The van der Waals surface area contributed by atoms with E-state index in [1.807, 2.05) is 0 Å². The van der Waals surface area contributed by atoms with Gasteiger partial charge < -0.3 is 10.3 Å². The minimum Gasteiger partial charge on any atom is -0.345 e. The highest BCUT2D eigenvalue weighted by atomic mass is 35.5. The summed E-state index contributed by atoms with van der Waals surface area (Å²) in [4.78, 5) is 19.0. The van der Waals surface area contributed by atoms with Crippen LogP contribution in [0.3, 0.4) is 0 Å². The Balaban J connectivity index is 1.93. The van der Waals surface area contributed by atoms with Gasteiger partial charge in [-0.05, 0) is 36.4 Å². The van der Waals surface area contributed by atoms with E-state index in [2.05, 4.69) is 15.3 Å². The number of aromatic amines is 1. The summed E-state index contributed by atoms with van der Waals surface area (Å²) in [6, 6.07) is 7.79. The topological polar surface area (TPSA) is 57.8 Å². The molecule has 0 radical (unpaired) electrons. The number of alkyl halides is 3. The van der Waals surface area contributed by atoms with E-state index in [1.54, 1.807) is 6.07 Å². The molecule has 3 rings (SSSR count). The molecule has 118 valence electrons. The lowest BCUT2D eigenvalue weighted by Crippen LogP contribution is -2.16. The fourth-order valence-electron chi connectivity index (χ4n) is 2.13. The highest BCUT2D eigenvalue weighted by molar-refractivity contribution is 6.30. The van der Waals surface area contributed by atoms with Crippen molar-refractivity contribution in [2.45, 2.75) is 6.18 Å². The maximum atomic E-state index is 13.0. The predicted octanol–water partition coefficient (Wildman–Crippen LogP) is 4.49. The molecule has 0 saturated heterocycles. The van der Waals surface area contributed by atoms with Crippen molar-refractivity contribution in [2.75, 3.05) is 5.32 Å². The summed E-state index contributed by atoms with van der Waals surface area (Å²) >= 11 is 5.61. The summed E-state index contributed by atoms with van der Waals surface area (Å²) in [5.74, 6) is -0.658. The Morgan fingerprint density at radius 1 is 1.17 bits per heavy atom. The molecular weight excluding hydrogens is 331 g/mol. The third-order valence-corrected chi connectivity index (χ3v) is 3.45. The normalized spacial score (nSPS) is 11.7. The lowest BCUT2D eigenvalue weighted by Gasteiger charge is -2.14. The van der Waals surface area contributed by atoms with Crippen LogP contribution in [0, 0.1) is 0 Å². The van der Waals surface area contributed by atoms with Gasteiger partial charge in [-0.3, -0.25) is 4.79 Å². The van der Waals surface area contributed by atoms with Crippen molar-refractivity contribution in [1.29, 1.82) is 0 Å². The molecule has 4 nitrogen and oxygen atoms in total. The lowest BCUT2D eigenvalue weighted by atomic mass is 10.1. The molecule has 1 amide bonds. The molecule has 1 heterocycles. The first-order valence-corrected chi connectivity index (χ1v) is 6.83. The number of carbonyl (C=O) groups excluding carboxylic acids is 1. The molecule has 0 unspecified atom stereocenters. The third kappa shape index (κ3) is 3.14. The van der Waals surface area contributed by atoms with Crippen LogP contribution in [0.1, 0.15) is 15.9 Å².